The van der Waals surface area contributed by atoms with Crippen molar-refractivity contribution in [3.8, 4) is 0 Å². The molecule has 0 bridgehead atoms. The van der Waals surface area contributed by atoms with Crippen LogP contribution >= 0.6 is 0 Å². The molecule has 1 aromatic rings. The molecular weight excluding hydrogens is 240 g/mol. The summed E-state index contributed by atoms with van der Waals surface area (Å²) in [6.45, 7) is 8.15. The molecule has 1 aromatic heterocycles. The number of aromatic nitrogens is 2. The van der Waals surface area contributed by atoms with Crippen molar-refractivity contribution in [2.45, 2.75) is 32.2 Å². The number of ether oxygens (including phenoxy) is 1. The fourth-order valence-electron chi connectivity index (χ4n) is 2.61. The van der Waals surface area contributed by atoms with E-state index < -0.39 is 0 Å². The Balaban J connectivity index is 1.41. The summed E-state index contributed by atoms with van der Waals surface area (Å²) in [7, 11) is 0. The Morgan fingerprint density at radius 2 is 2.16 bits per heavy atom. The SMILES string of the molecule is Cc1cn(C2CC2)c(NCCCN2CCOCC2)n1. The minimum Gasteiger partial charge on any atom is -0.379 e. The molecule has 3 rings (SSSR count). The minimum atomic E-state index is 0.697. The highest BCUT2D eigenvalue weighted by molar-refractivity contribution is 5.30. The van der Waals surface area contributed by atoms with Crippen LogP contribution in [0.2, 0.25) is 0 Å². The van der Waals surface area contributed by atoms with Gasteiger partial charge in [0, 0.05) is 31.9 Å². The van der Waals surface area contributed by atoms with Crippen LogP contribution in [0.4, 0.5) is 5.95 Å². The summed E-state index contributed by atoms with van der Waals surface area (Å²) in [5.41, 5.74) is 1.11. The third kappa shape index (κ3) is 3.48. The maximum atomic E-state index is 5.36. The van der Waals surface area contributed by atoms with Crippen LogP contribution in [0.5, 0.6) is 0 Å². The number of aryl methyl sites for hydroxylation is 1. The molecule has 0 radical (unpaired) electrons. The van der Waals surface area contributed by atoms with Gasteiger partial charge < -0.3 is 14.6 Å². The maximum absolute atomic E-state index is 5.36. The van der Waals surface area contributed by atoms with Gasteiger partial charge in [0.15, 0.2) is 0 Å². The highest BCUT2D eigenvalue weighted by atomic mass is 16.5. The highest BCUT2D eigenvalue weighted by Gasteiger charge is 2.26. The number of anilines is 1. The van der Waals surface area contributed by atoms with Gasteiger partial charge in [-0.1, -0.05) is 0 Å². The molecule has 106 valence electrons. The molecule has 0 spiro atoms. The quantitative estimate of drug-likeness (QED) is 0.794. The van der Waals surface area contributed by atoms with E-state index in [1.807, 2.05) is 0 Å². The second-order valence-corrected chi connectivity index (χ2v) is 5.58. The van der Waals surface area contributed by atoms with Crippen molar-refractivity contribution in [3.05, 3.63) is 11.9 Å². The van der Waals surface area contributed by atoms with Crippen LogP contribution < -0.4 is 5.32 Å². The Morgan fingerprint density at radius 1 is 1.37 bits per heavy atom. The average Bonchev–Trinajstić information content (AvgIpc) is 3.20. The summed E-state index contributed by atoms with van der Waals surface area (Å²) >= 11 is 0. The molecule has 2 heterocycles. The molecule has 1 saturated heterocycles. The van der Waals surface area contributed by atoms with E-state index in [1.54, 1.807) is 0 Å². The summed E-state index contributed by atoms with van der Waals surface area (Å²) in [4.78, 5) is 7.05. The predicted octanol–water partition coefficient (Wildman–Crippen LogP) is 1.66. The fourth-order valence-corrected chi connectivity index (χ4v) is 2.61. The summed E-state index contributed by atoms with van der Waals surface area (Å²) in [5, 5.41) is 3.49. The summed E-state index contributed by atoms with van der Waals surface area (Å²) in [5.74, 6) is 1.06. The first-order chi connectivity index (χ1) is 9.33. The molecule has 1 aliphatic carbocycles. The zero-order valence-corrected chi connectivity index (χ0v) is 11.8. The van der Waals surface area contributed by atoms with E-state index in [1.165, 1.54) is 12.8 Å². The molecule has 1 N–H and O–H groups in total. The molecule has 0 atom stereocenters. The number of morpholine rings is 1. The van der Waals surface area contributed by atoms with Crippen molar-refractivity contribution in [3.63, 3.8) is 0 Å². The molecule has 1 saturated carbocycles. The van der Waals surface area contributed by atoms with Crippen LogP contribution in [-0.2, 0) is 4.74 Å². The topological polar surface area (TPSA) is 42.3 Å². The molecule has 2 aliphatic rings. The van der Waals surface area contributed by atoms with E-state index in [0.29, 0.717) is 6.04 Å². The number of hydrogen-bond donors (Lipinski definition) is 1. The number of rotatable bonds is 6. The van der Waals surface area contributed by atoms with E-state index in [9.17, 15) is 0 Å². The number of nitrogens with one attached hydrogen (secondary N) is 1. The second-order valence-electron chi connectivity index (χ2n) is 5.58. The molecule has 19 heavy (non-hydrogen) atoms. The third-order valence-electron chi connectivity index (χ3n) is 3.83. The molecule has 5 heteroatoms. The summed E-state index contributed by atoms with van der Waals surface area (Å²) < 4.78 is 7.67. The van der Waals surface area contributed by atoms with Crippen LogP contribution in [0.3, 0.4) is 0 Å². The van der Waals surface area contributed by atoms with Crippen LogP contribution in [0.15, 0.2) is 6.20 Å². The molecule has 2 fully saturated rings. The predicted molar refractivity (Wildman–Crippen MR) is 75.6 cm³/mol. The monoisotopic (exact) mass is 264 g/mol. The fraction of sp³-hybridized carbons (Fsp3) is 0.786. The number of hydrogen-bond acceptors (Lipinski definition) is 4. The van der Waals surface area contributed by atoms with Gasteiger partial charge in [-0.2, -0.15) is 0 Å². The molecule has 0 unspecified atom stereocenters. The minimum absolute atomic E-state index is 0.697. The van der Waals surface area contributed by atoms with Gasteiger partial charge in [0.25, 0.3) is 0 Å². The Hall–Kier alpha value is -1.07. The average molecular weight is 264 g/mol. The van der Waals surface area contributed by atoms with Crippen molar-refractivity contribution < 1.29 is 4.74 Å². The molecule has 0 aromatic carbocycles. The van der Waals surface area contributed by atoms with Gasteiger partial charge >= 0.3 is 0 Å². The van der Waals surface area contributed by atoms with Crippen molar-refractivity contribution in [1.29, 1.82) is 0 Å². The zero-order valence-electron chi connectivity index (χ0n) is 11.8. The van der Waals surface area contributed by atoms with Gasteiger partial charge in [0.1, 0.15) is 0 Å². The van der Waals surface area contributed by atoms with Gasteiger partial charge in [-0.3, -0.25) is 4.90 Å². The second kappa shape index (κ2) is 5.92. The van der Waals surface area contributed by atoms with E-state index in [0.717, 1.165) is 57.5 Å². The number of imidazole rings is 1. The van der Waals surface area contributed by atoms with Crippen LogP contribution in [0.25, 0.3) is 0 Å². The van der Waals surface area contributed by atoms with Crippen molar-refractivity contribution in [1.82, 2.24) is 14.5 Å². The first-order valence-electron chi connectivity index (χ1n) is 7.42. The van der Waals surface area contributed by atoms with Crippen LogP contribution in [0, 0.1) is 6.92 Å². The van der Waals surface area contributed by atoms with Crippen LogP contribution in [-0.4, -0.2) is 53.8 Å². The van der Waals surface area contributed by atoms with E-state index in [4.69, 9.17) is 4.74 Å². The smallest absolute Gasteiger partial charge is 0.203 e. The summed E-state index contributed by atoms with van der Waals surface area (Å²) in [6.07, 6.45) is 5.94. The Kier molecular flexibility index (Phi) is 4.03. The zero-order chi connectivity index (χ0) is 13.1. The van der Waals surface area contributed by atoms with E-state index >= 15 is 0 Å². The Morgan fingerprint density at radius 3 is 2.89 bits per heavy atom. The van der Waals surface area contributed by atoms with Gasteiger partial charge in [-0.25, -0.2) is 4.98 Å². The number of nitrogens with zero attached hydrogens (tertiary/aromatic N) is 3. The highest BCUT2D eigenvalue weighted by Crippen LogP contribution is 2.37. The Bertz CT molecular complexity index is 408. The van der Waals surface area contributed by atoms with Gasteiger partial charge in [0.2, 0.25) is 5.95 Å². The van der Waals surface area contributed by atoms with Crippen molar-refractivity contribution in [2.75, 3.05) is 44.7 Å². The summed E-state index contributed by atoms with van der Waals surface area (Å²) in [6, 6.07) is 0.697. The normalized spacial score (nSPS) is 20.7. The largest absolute Gasteiger partial charge is 0.379 e. The van der Waals surface area contributed by atoms with Crippen molar-refractivity contribution in [2.24, 2.45) is 0 Å². The maximum Gasteiger partial charge on any atom is 0.203 e. The molecule has 5 nitrogen and oxygen atoms in total. The molecule has 1 aliphatic heterocycles. The standard InChI is InChI=1S/C14H24N4O/c1-12-11-18(13-3-4-13)14(16-12)15-5-2-6-17-7-9-19-10-8-17/h11,13H,2-10H2,1H3,(H,15,16). The molecular formula is C14H24N4O. The van der Waals surface area contributed by atoms with Crippen LogP contribution in [0.1, 0.15) is 31.0 Å². The van der Waals surface area contributed by atoms with E-state index in [2.05, 4.69) is 32.9 Å². The molecule has 0 amide bonds. The van der Waals surface area contributed by atoms with Gasteiger partial charge in [-0.05, 0) is 32.7 Å². The first kappa shape index (κ1) is 12.9. The van der Waals surface area contributed by atoms with E-state index in [-0.39, 0.29) is 0 Å². The lowest BCUT2D eigenvalue weighted by atomic mass is 10.3. The first-order valence-corrected chi connectivity index (χ1v) is 7.42. The lowest BCUT2D eigenvalue weighted by Crippen LogP contribution is -2.37. The third-order valence-corrected chi connectivity index (χ3v) is 3.83. The lowest BCUT2D eigenvalue weighted by Gasteiger charge is -2.26. The lowest BCUT2D eigenvalue weighted by molar-refractivity contribution is 0.0378. The van der Waals surface area contributed by atoms with Gasteiger partial charge in [-0.15, -0.1) is 0 Å². The Labute approximate surface area is 114 Å². The van der Waals surface area contributed by atoms with Crippen molar-refractivity contribution >= 4 is 5.95 Å². The van der Waals surface area contributed by atoms with Gasteiger partial charge in [0.05, 0.1) is 18.9 Å².